The maximum atomic E-state index is 12.9. The maximum Gasteiger partial charge on any atom is 0.411 e. The van der Waals surface area contributed by atoms with Gasteiger partial charge in [-0.2, -0.15) is 0 Å². The number of esters is 1. The van der Waals surface area contributed by atoms with E-state index in [0.29, 0.717) is 12.0 Å². The van der Waals surface area contributed by atoms with Crippen LogP contribution in [0.2, 0.25) is 0 Å². The number of nitro groups is 2. The number of benzene rings is 3. The number of aryl methyl sites for hydroxylation is 1. The maximum absolute atomic E-state index is 12.9. The highest BCUT2D eigenvalue weighted by Crippen LogP contribution is 2.30. The summed E-state index contributed by atoms with van der Waals surface area (Å²) in [6.07, 6.45) is 4.77. The van der Waals surface area contributed by atoms with E-state index < -0.39 is 39.2 Å². The molecule has 0 atom stereocenters. The van der Waals surface area contributed by atoms with Crippen molar-refractivity contribution in [2.45, 2.75) is 52.4 Å². The predicted molar refractivity (Wildman–Crippen MR) is 159 cm³/mol. The van der Waals surface area contributed by atoms with Crippen LogP contribution in [0.4, 0.5) is 27.5 Å². The van der Waals surface area contributed by atoms with Gasteiger partial charge in [-0.05, 0) is 55.2 Å². The van der Waals surface area contributed by atoms with Crippen molar-refractivity contribution >= 4 is 40.7 Å². The van der Waals surface area contributed by atoms with Crippen molar-refractivity contribution in [3.8, 4) is 5.75 Å². The Morgan fingerprint density at radius 2 is 1.42 bits per heavy atom. The molecule has 3 aromatic rings. The van der Waals surface area contributed by atoms with Crippen LogP contribution in [0.3, 0.4) is 0 Å². The molecule has 0 saturated heterocycles. The molecule has 0 aliphatic carbocycles. The highest BCUT2D eigenvalue weighted by Gasteiger charge is 2.21. The Hall–Kier alpha value is -5.33. The van der Waals surface area contributed by atoms with Crippen molar-refractivity contribution in [2.75, 3.05) is 17.2 Å². The standard InChI is InChI=1S/C30H32N4O9/c1-3-5-7-8-20-9-11-21(12-10-20)29(36)43-27-14-13-23(18-26(27)32-30(37)42-15-6-4-2)31-28(35)22-16-24(33(38)39)19-25(17-22)34(40)41/h9-14,16-19H,3-8,15H2,1-2H3,(H,31,35)(H,32,37). The first-order chi connectivity index (χ1) is 20.6. The van der Waals surface area contributed by atoms with Gasteiger partial charge in [-0.25, -0.2) is 9.59 Å². The summed E-state index contributed by atoms with van der Waals surface area (Å²) in [7, 11) is 0. The van der Waals surface area contributed by atoms with Gasteiger partial charge in [0, 0.05) is 17.8 Å². The van der Waals surface area contributed by atoms with E-state index in [1.807, 2.05) is 19.1 Å². The molecule has 226 valence electrons. The zero-order chi connectivity index (χ0) is 31.4. The molecule has 2 amide bonds. The van der Waals surface area contributed by atoms with E-state index in [0.717, 1.165) is 55.9 Å². The highest BCUT2D eigenvalue weighted by atomic mass is 16.6. The monoisotopic (exact) mass is 592 g/mol. The largest absolute Gasteiger partial charge is 0.449 e. The van der Waals surface area contributed by atoms with E-state index in [1.165, 1.54) is 18.2 Å². The number of hydrogen-bond acceptors (Lipinski definition) is 9. The van der Waals surface area contributed by atoms with Crippen LogP contribution >= 0.6 is 0 Å². The van der Waals surface area contributed by atoms with Crippen molar-refractivity contribution in [3.63, 3.8) is 0 Å². The van der Waals surface area contributed by atoms with Gasteiger partial charge in [0.1, 0.15) is 0 Å². The van der Waals surface area contributed by atoms with Gasteiger partial charge in [0.25, 0.3) is 17.3 Å². The van der Waals surface area contributed by atoms with Crippen LogP contribution in [0, 0.1) is 20.2 Å². The number of carbonyl (C=O) groups excluding carboxylic acids is 3. The Kier molecular flexibility index (Phi) is 11.7. The minimum Gasteiger partial charge on any atom is -0.449 e. The van der Waals surface area contributed by atoms with Gasteiger partial charge in [-0.15, -0.1) is 0 Å². The minimum atomic E-state index is -0.882. The summed E-state index contributed by atoms with van der Waals surface area (Å²) in [6, 6.07) is 13.6. The molecule has 0 radical (unpaired) electrons. The molecule has 3 aromatic carbocycles. The molecule has 0 unspecified atom stereocenters. The number of amides is 2. The second-order valence-electron chi connectivity index (χ2n) is 9.58. The summed E-state index contributed by atoms with van der Waals surface area (Å²) in [4.78, 5) is 58.9. The van der Waals surface area contributed by atoms with Gasteiger partial charge in [-0.1, -0.05) is 45.2 Å². The zero-order valence-corrected chi connectivity index (χ0v) is 23.8. The summed E-state index contributed by atoms with van der Waals surface area (Å²) in [6.45, 7) is 4.21. The number of non-ortho nitro benzene ring substituents is 2. The number of nitrogens with zero attached hydrogens (tertiary/aromatic N) is 2. The fourth-order valence-electron chi connectivity index (χ4n) is 3.94. The molecule has 0 aliphatic rings. The fourth-order valence-corrected chi connectivity index (χ4v) is 3.94. The van der Waals surface area contributed by atoms with Crippen LogP contribution < -0.4 is 15.4 Å². The third-order valence-corrected chi connectivity index (χ3v) is 6.25. The van der Waals surface area contributed by atoms with E-state index in [1.54, 1.807) is 12.1 Å². The Morgan fingerprint density at radius 1 is 0.767 bits per heavy atom. The summed E-state index contributed by atoms with van der Waals surface area (Å²) in [5.41, 5.74) is -0.117. The first kappa shape index (κ1) is 32.2. The Balaban J connectivity index is 1.84. The average Bonchev–Trinajstić information content (AvgIpc) is 2.98. The summed E-state index contributed by atoms with van der Waals surface area (Å²) < 4.78 is 10.7. The lowest BCUT2D eigenvalue weighted by Gasteiger charge is -2.14. The van der Waals surface area contributed by atoms with Crippen molar-refractivity contribution in [2.24, 2.45) is 0 Å². The summed E-state index contributed by atoms with van der Waals surface area (Å²) >= 11 is 0. The highest BCUT2D eigenvalue weighted by molar-refractivity contribution is 6.05. The number of anilines is 2. The van der Waals surface area contributed by atoms with Gasteiger partial charge in [0.15, 0.2) is 5.75 Å². The van der Waals surface area contributed by atoms with Crippen molar-refractivity contribution in [1.82, 2.24) is 0 Å². The van der Waals surface area contributed by atoms with Crippen molar-refractivity contribution in [3.05, 3.63) is 97.6 Å². The predicted octanol–water partition coefficient (Wildman–Crippen LogP) is 7.06. The van der Waals surface area contributed by atoms with Crippen LogP contribution in [-0.4, -0.2) is 34.4 Å². The molecule has 0 heterocycles. The average molecular weight is 593 g/mol. The molecule has 13 nitrogen and oxygen atoms in total. The van der Waals surface area contributed by atoms with E-state index in [9.17, 15) is 34.6 Å². The molecule has 0 saturated carbocycles. The lowest BCUT2D eigenvalue weighted by molar-refractivity contribution is -0.394. The number of nitrogens with one attached hydrogen (secondary N) is 2. The molecule has 3 rings (SSSR count). The second-order valence-corrected chi connectivity index (χ2v) is 9.58. The molecule has 0 bridgehead atoms. The van der Waals surface area contributed by atoms with Crippen LogP contribution in [-0.2, 0) is 11.2 Å². The summed E-state index contributed by atoms with van der Waals surface area (Å²) in [5, 5.41) is 27.4. The topological polar surface area (TPSA) is 180 Å². The first-order valence-corrected chi connectivity index (χ1v) is 13.8. The molecular formula is C30H32N4O9. The quantitative estimate of drug-likeness (QED) is 0.0651. The van der Waals surface area contributed by atoms with Gasteiger partial charge < -0.3 is 14.8 Å². The molecule has 0 aromatic heterocycles. The molecule has 0 spiro atoms. The lowest BCUT2D eigenvalue weighted by atomic mass is 10.1. The van der Waals surface area contributed by atoms with E-state index in [-0.39, 0.29) is 29.3 Å². The van der Waals surface area contributed by atoms with Crippen LogP contribution in [0.15, 0.2) is 60.7 Å². The van der Waals surface area contributed by atoms with Crippen molar-refractivity contribution in [1.29, 1.82) is 0 Å². The molecule has 43 heavy (non-hydrogen) atoms. The van der Waals surface area contributed by atoms with E-state index in [2.05, 4.69) is 17.6 Å². The van der Waals surface area contributed by atoms with E-state index >= 15 is 0 Å². The smallest absolute Gasteiger partial charge is 0.411 e. The number of nitro benzene ring substituents is 2. The molecule has 0 fully saturated rings. The number of rotatable bonds is 14. The number of unbranched alkanes of at least 4 members (excludes halogenated alkanes) is 3. The minimum absolute atomic E-state index is 0.00569. The normalized spacial score (nSPS) is 10.5. The number of hydrogen-bond donors (Lipinski definition) is 2. The SMILES string of the molecule is CCCCCc1ccc(C(=O)Oc2ccc(NC(=O)c3cc([N+](=O)[O-])cc([N+](=O)[O-])c3)cc2NC(=O)OCCCC)cc1. The molecule has 13 heteroatoms. The lowest BCUT2D eigenvalue weighted by Crippen LogP contribution is -2.17. The first-order valence-electron chi connectivity index (χ1n) is 13.8. The second kappa shape index (κ2) is 15.6. The molecular weight excluding hydrogens is 560 g/mol. The Bertz CT molecular complexity index is 1460. The van der Waals surface area contributed by atoms with E-state index in [4.69, 9.17) is 9.47 Å². The van der Waals surface area contributed by atoms with Gasteiger partial charge in [0.05, 0.1) is 39.3 Å². The third kappa shape index (κ3) is 9.63. The van der Waals surface area contributed by atoms with Crippen LogP contribution in [0.1, 0.15) is 72.2 Å². The summed E-state index contributed by atoms with van der Waals surface area (Å²) in [5.74, 6) is -1.59. The number of carbonyl (C=O) groups is 3. The van der Waals surface area contributed by atoms with Gasteiger partial charge >= 0.3 is 12.1 Å². The zero-order valence-electron chi connectivity index (χ0n) is 23.8. The Labute approximate surface area is 247 Å². The Morgan fingerprint density at radius 3 is 2.02 bits per heavy atom. The van der Waals surface area contributed by atoms with Gasteiger partial charge in [-0.3, -0.25) is 30.3 Å². The third-order valence-electron chi connectivity index (χ3n) is 6.25. The molecule has 2 N–H and O–H groups in total. The van der Waals surface area contributed by atoms with Crippen LogP contribution in [0.5, 0.6) is 5.75 Å². The number of ether oxygens (including phenoxy) is 2. The van der Waals surface area contributed by atoms with Crippen LogP contribution in [0.25, 0.3) is 0 Å². The molecule has 0 aliphatic heterocycles. The fraction of sp³-hybridized carbons (Fsp3) is 0.300. The van der Waals surface area contributed by atoms with Gasteiger partial charge in [0.2, 0.25) is 0 Å². The van der Waals surface area contributed by atoms with Crippen molar-refractivity contribution < 1.29 is 33.7 Å².